The van der Waals surface area contributed by atoms with Crippen LogP contribution in [0.25, 0.3) is 0 Å². The largest absolute Gasteiger partial charge is 0.466 e. The average molecular weight is 1060 g/mol. The molecule has 0 aromatic rings. The predicted molar refractivity (Wildman–Crippen MR) is 329 cm³/mol. The molecule has 0 aromatic heterocycles. The van der Waals surface area contributed by atoms with Gasteiger partial charge in [-0.25, -0.2) is 0 Å². The van der Waals surface area contributed by atoms with Crippen LogP contribution in [0.15, 0.2) is 12.2 Å². The molecule has 0 bridgehead atoms. The molecule has 6 heteroatoms. The third-order valence-electron chi connectivity index (χ3n) is 16.3. The van der Waals surface area contributed by atoms with Gasteiger partial charge < -0.3 is 20.3 Å². The lowest BCUT2D eigenvalue weighted by Gasteiger charge is -2.20. The van der Waals surface area contributed by atoms with Crippen LogP contribution in [-0.4, -0.2) is 47.4 Å². The molecule has 0 aliphatic carbocycles. The number of esters is 1. The zero-order valence-corrected chi connectivity index (χ0v) is 51.1. The van der Waals surface area contributed by atoms with Crippen LogP contribution in [0.5, 0.6) is 0 Å². The molecule has 0 spiro atoms. The van der Waals surface area contributed by atoms with Crippen LogP contribution in [0.2, 0.25) is 0 Å². The summed E-state index contributed by atoms with van der Waals surface area (Å²) in [6.45, 7) is 4.94. The lowest BCUT2D eigenvalue weighted by atomic mass is 10.0. The highest BCUT2D eigenvalue weighted by molar-refractivity contribution is 5.76. The number of carbonyl (C=O) groups is 2. The highest BCUT2D eigenvalue weighted by Gasteiger charge is 2.18. The number of ether oxygens (including phenoxy) is 1. The Balaban J connectivity index is 3.31. The van der Waals surface area contributed by atoms with Gasteiger partial charge in [0.05, 0.1) is 25.4 Å². The van der Waals surface area contributed by atoms with Gasteiger partial charge in [0, 0.05) is 12.8 Å². The van der Waals surface area contributed by atoms with Crippen molar-refractivity contribution in [3.63, 3.8) is 0 Å². The lowest BCUT2D eigenvalue weighted by molar-refractivity contribution is -0.143. The Morgan fingerprint density at radius 1 is 0.360 bits per heavy atom. The number of hydrogen-bond acceptors (Lipinski definition) is 5. The van der Waals surface area contributed by atoms with Gasteiger partial charge in [0.1, 0.15) is 0 Å². The first-order chi connectivity index (χ1) is 37.0. The summed E-state index contributed by atoms with van der Waals surface area (Å²) in [5.74, 6) is -0.0392. The SMILES string of the molecule is CCCCCCCCCCCC/C=C/C(O)C(CO)NC(=O)CCCCCCCCCCCCCCCCCCCCCCCCCCCCCCCOC(=O)CCCCCCCCCCCCCCCCCCC. The molecule has 0 aromatic carbocycles. The Hall–Kier alpha value is -1.40. The summed E-state index contributed by atoms with van der Waals surface area (Å²) in [4.78, 5) is 24.5. The van der Waals surface area contributed by atoms with E-state index in [2.05, 4.69) is 19.2 Å². The molecule has 1 amide bonds. The van der Waals surface area contributed by atoms with E-state index in [0.29, 0.717) is 19.4 Å². The van der Waals surface area contributed by atoms with E-state index in [-0.39, 0.29) is 18.5 Å². The zero-order chi connectivity index (χ0) is 54.3. The van der Waals surface area contributed by atoms with Crippen molar-refractivity contribution in [3.8, 4) is 0 Å². The minimum absolute atomic E-state index is 0.0239. The van der Waals surface area contributed by atoms with Crippen LogP contribution in [0.1, 0.15) is 393 Å². The molecule has 446 valence electrons. The van der Waals surface area contributed by atoms with Gasteiger partial charge in [0.2, 0.25) is 5.91 Å². The Kier molecular flexibility index (Phi) is 63.9. The van der Waals surface area contributed by atoms with Crippen LogP contribution >= 0.6 is 0 Å². The molecule has 0 radical (unpaired) electrons. The van der Waals surface area contributed by atoms with Crippen molar-refractivity contribution in [1.82, 2.24) is 5.32 Å². The molecule has 0 aliphatic heterocycles. The number of amides is 1. The second kappa shape index (κ2) is 65.1. The van der Waals surface area contributed by atoms with E-state index in [1.165, 1.54) is 327 Å². The normalized spacial score (nSPS) is 12.5. The van der Waals surface area contributed by atoms with Gasteiger partial charge in [-0.3, -0.25) is 9.59 Å². The van der Waals surface area contributed by atoms with Crippen LogP contribution in [0.4, 0.5) is 0 Å². The molecule has 2 unspecified atom stereocenters. The molecule has 3 N–H and O–H groups in total. The fourth-order valence-electron chi connectivity index (χ4n) is 11.1. The van der Waals surface area contributed by atoms with Gasteiger partial charge in [0.25, 0.3) is 0 Å². The summed E-state index contributed by atoms with van der Waals surface area (Å²) >= 11 is 0. The predicted octanol–water partition coefficient (Wildman–Crippen LogP) is 22.0. The topological polar surface area (TPSA) is 95.9 Å². The lowest BCUT2D eigenvalue weighted by Crippen LogP contribution is -2.45. The smallest absolute Gasteiger partial charge is 0.305 e. The van der Waals surface area contributed by atoms with Crippen molar-refractivity contribution in [2.24, 2.45) is 0 Å². The summed E-state index contributed by atoms with van der Waals surface area (Å²) in [5, 5.41) is 23.1. The van der Waals surface area contributed by atoms with Crippen molar-refractivity contribution < 1.29 is 24.5 Å². The number of nitrogens with one attached hydrogen (secondary N) is 1. The minimum atomic E-state index is -0.840. The number of aliphatic hydroxyl groups excluding tert-OH is 2. The van der Waals surface area contributed by atoms with Crippen molar-refractivity contribution in [2.75, 3.05) is 13.2 Å². The highest BCUT2D eigenvalue weighted by Crippen LogP contribution is 2.19. The quantitative estimate of drug-likeness (QED) is 0.0320. The van der Waals surface area contributed by atoms with Gasteiger partial charge in [0.15, 0.2) is 0 Å². The minimum Gasteiger partial charge on any atom is -0.466 e. The number of unbranched alkanes of at least 4 members (excludes halogenated alkanes) is 54. The molecule has 0 saturated carbocycles. The summed E-state index contributed by atoms with van der Waals surface area (Å²) in [6.07, 6.45) is 80.1. The molecule has 75 heavy (non-hydrogen) atoms. The maximum atomic E-state index is 12.4. The molecular formula is C69H135NO5. The second-order valence-corrected chi connectivity index (χ2v) is 23.9. The van der Waals surface area contributed by atoms with E-state index in [0.717, 1.165) is 38.5 Å². The summed E-state index contributed by atoms with van der Waals surface area (Å²) in [5.41, 5.74) is 0. The summed E-state index contributed by atoms with van der Waals surface area (Å²) in [6, 6.07) is -0.623. The first kappa shape index (κ1) is 73.6. The first-order valence-corrected chi connectivity index (χ1v) is 34.5. The summed E-state index contributed by atoms with van der Waals surface area (Å²) < 4.78 is 5.51. The molecule has 0 aliphatic rings. The molecule has 6 nitrogen and oxygen atoms in total. The van der Waals surface area contributed by atoms with E-state index in [4.69, 9.17) is 4.74 Å². The Labute approximate surface area is 469 Å². The molecule has 0 heterocycles. The maximum Gasteiger partial charge on any atom is 0.305 e. The second-order valence-electron chi connectivity index (χ2n) is 23.9. The van der Waals surface area contributed by atoms with Crippen LogP contribution in [0.3, 0.4) is 0 Å². The van der Waals surface area contributed by atoms with Gasteiger partial charge in [-0.15, -0.1) is 0 Å². The number of carbonyl (C=O) groups excluding carboxylic acids is 2. The van der Waals surface area contributed by atoms with E-state index in [9.17, 15) is 19.8 Å². The molecule has 2 atom stereocenters. The van der Waals surface area contributed by atoms with E-state index in [1.54, 1.807) is 6.08 Å². The maximum absolute atomic E-state index is 12.4. The fraction of sp³-hybridized carbons (Fsp3) is 0.942. The zero-order valence-electron chi connectivity index (χ0n) is 51.1. The highest BCUT2D eigenvalue weighted by atomic mass is 16.5. The Morgan fingerprint density at radius 3 is 0.907 bits per heavy atom. The van der Waals surface area contributed by atoms with Crippen LogP contribution in [0, 0.1) is 0 Å². The van der Waals surface area contributed by atoms with E-state index < -0.39 is 12.1 Å². The van der Waals surface area contributed by atoms with Gasteiger partial charge in [-0.2, -0.15) is 0 Å². The molecule has 0 rings (SSSR count). The molecule has 0 saturated heterocycles. The van der Waals surface area contributed by atoms with Crippen molar-refractivity contribution >= 4 is 11.9 Å². The molecule has 0 fully saturated rings. The fourth-order valence-corrected chi connectivity index (χ4v) is 11.1. The van der Waals surface area contributed by atoms with Gasteiger partial charge >= 0.3 is 5.97 Å². The van der Waals surface area contributed by atoms with Crippen LogP contribution in [-0.2, 0) is 14.3 Å². The summed E-state index contributed by atoms with van der Waals surface area (Å²) in [7, 11) is 0. The van der Waals surface area contributed by atoms with Gasteiger partial charge in [-0.1, -0.05) is 360 Å². The van der Waals surface area contributed by atoms with Crippen molar-refractivity contribution in [3.05, 3.63) is 12.2 Å². The third-order valence-corrected chi connectivity index (χ3v) is 16.3. The van der Waals surface area contributed by atoms with Crippen molar-refractivity contribution in [1.29, 1.82) is 0 Å². The third kappa shape index (κ3) is 61.7. The molecular weight excluding hydrogens is 923 g/mol. The Morgan fingerprint density at radius 2 is 0.613 bits per heavy atom. The van der Waals surface area contributed by atoms with Crippen LogP contribution < -0.4 is 5.32 Å². The number of rotatable bonds is 65. The first-order valence-electron chi connectivity index (χ1n) is 34.5. The van der Waals surface area contributed by atoms with E-state index >= 15 is 0 Å². The average Bonchev–Trinajstić information content (AvgIpc) is 3.41. The Bertz CT molecular complexity index is 1130. The number of hydrogen-bond donors (Lipinski definition) is 3. The number of allylic oxidation sites excluding steroid dienone is 1. The monoisotopic (exact) mass is 1060 g/mol. The van der Waals surface area contributed by atoms with Gasteiger partial charge in [-0.05, 0) is 32.1 Å². The standard InChI is InChI=1S/C69H135NO5/c1-3-5-7-9-11-13-15-17-18-32-36-39-43-47-51-55-59-63-69(74)75-64-60-56-52-48-44-40-37-34-31-29-27-25-23-21-19-20-22-24-26-28-30-33-35-38-42-46-50-54-58-62-68(73)70-66(65-71)67(72)61-57-53-49-45-41-16-14-12-10-8-6-4-2/h57,61,66-67,71-72H,3-56,58-60,62-65H2,1-2H3,(H,70,73)/b61-57+. The number of aliphatic hydroxyl groups is 2. The van der Waals surface area contributed by atoms with Crippen molar-refractivity contribution in [2.45, 2.75) is 405 Å². The van der Waals surface area contributed by atoms with E-state index in [1.807, 2.05) is 6.08 Å².